The van der Waals surface area contributed by atoms with Crippen LogP contribution in [0.2, 0.25) is 0 Å². The van der Waals surface area contributed by atoms with Crippen LogP contribution < -0.4 is 5.56 Å². The lowest BCUT2D eigenvalue weighted by atomic mass is 10.1. The van der Waals surface area contributed by atoms with Gasteiger partial charge in [0.25, 0.3) is 5.56 Å². The van der Waals surface area contributed by atoms with E-state index in [0.717, 1.165) is 17.3 Å². The molecule has 2 aromatic rings. The van der Waals surface area contributed by atoms with Gasteiger partial charge in [0.1, 0.15) is 17.1 Å². The second-order valence-electron chi connectivity index (χ2n) is 6.28. The molecule has 4 rings (SSSR count). The van der Waals surface area contributed by atoms with Crippen molar-refractivity contribution in [2.24, 2.45) is 0 Å². The van der Waals surface area contributed by atoms with Crippen LogP contribution in [0.3, 0.4) is 0 Å². The Morgan fingerprint density at radius 3 is 2.93 bits per heavy atom. The van der Waals surface area contributed by atoms with E-state index in [1.165, 1.54) is 19.2 Å². The number of aromatic amines is 1. The van der Waals surface area contributed by atoms with Crippen molar-refractivity contribution in [2.45, 2.75) is 19.5 Å². The summed E-state index contributed by atoms with van der Waals surface area (Å²) >= 11 is 0. The molecular weight excluding hydrogens is 351 g/mol. The van der Waals surface area contributed by atoms with Crippen molar-refractivity contribution in [1.82, 2.24) is 19.3 Å². The minimum Gasteiger partial charge on any atom is -0.465 e. The van der Waals surface area contributed by atoms with Crippen molar-refractivity contribution in [1.29, 1.82) is 0 Å². The lowest BCUT2D eigenvalue weighted by Crippen LogP contribution is -2.13. The van der Waals surface area contributed by atoms with E-state index in [1.54, 1.807) is 23.0 Å². The van der Waals surface area contributed by atoms with Crippen LogP contribution in [0, 0.1) is 5.82 Å². The smallest absolute Gasteiger partial charge is 0.341 e. The number of ether oxygens (including phenoxy) is 1. The highest BCUT2D eigenvalue weighted by Crippen LogP contribution is 2.21. The van der Waals surface area contributed by atoms with Gasteiger partial charge in [-0.15, -0.1) is 0 Å². The van der Waals surface area contributed by atoms with E-state index in [0.29, 0.717) is 24.3 Å². The van der Waals surface area contributed by atoms with Crippen molar-refractivity contribution in [3.05, 3.63) is 64.6 Å². The Morgan fingerprint density at radius 2 is 2.11 bits per heavy atom. The molecule has 138 valence electrons. The molecule has 2 aliphatic rings. The number of rotatable bonds is 5. The number of benzene rings is 1. The van der Waals surface area contributed by atoms with Gasteiger partial charge in [-0.05, 0) is 36.1 Å². The van der Waals surface area contributed by atoms with Crippen LogP contribution in [0.15, 0.2) is 47.7 Å². The Kier molecular flexibility index (Phi) is 4.23. The Morgan fingerprint density at radius 1 is 1.26 bits per heavy atom. The van der Waals surface area contributed by atoms with Crippen LogP contribution >= 0.6 is 0 Å². The van der Waals surface area contributed by atoms with Gasteiger partial charge in [-0.3, -0.25) is 4.79 Å². The van der Waals surface area contributed by atoms with Crippen molar-refractivity contribution >= 4 is 16.9 Å². The average molecular weight is 368 g/mol. The second-order valence-corrected chi connectivity index (χ2v) is 6.28. The summed E-state index contributed by atoms with van der Waals surface area (Å²) in [4.78, 5) is 23.9. The van der Waals surface area contributed by atoms with Crippen LogP contribution in [-0.2, 0) is 17.8 Å². The monoisotopic (exact) mass is 368 g/mol. The summed E-state index contributed by atoms with van der Waals surface area (Å²) in [5, 5.41) is 7.24. The molecule has 8 heteroatoms. The molecule has 0 bridgehead atoms. The van der Waals surface area contributed by atoms with Gasteiger partial charge in [0, 0.05) is 31.7 Å². The van der Waals surface area contributed by atoms with Crippen LogP contribution in [-0.4, -0.2) is 32.4 Å². The molecule has 1 aromatic carbocycles. The molecule has 0 unspecified atom stereocenters. The summed E-state index contributed by atoms with van der Waals surface area (Å²) < 4.78 is 22.0. The quantitative estimate of drug-likeness (QED) is 0.549. The topological polar surface area (TPSA) is 81.9 Å². The number of carbonyl (C=O) groups excluding carboxylic acids is 1. The highest BCUT2D eigenvalue weighted by molar-refractivity contribution is 5.95. The average Bonchev–Trinajstić information content (AvgIpc) is 3.24. The molecule has 0 amide bonds. The van der Waals surface area contributed by atoms with E-state index in [2.05, 4.69) is 10.2 Å². The maximum absolute atomic E-state index is 13.5. The normalized spacial score (nSPS) is 11.3. The fourth-order valence-corrected chi connectivity index (χ4v) is 3.25. The van der Waals surface area contributed by atoms with Crippen molar-refractivity contribution < 1.29 is 13.9 Å². The number of hydrogen-bond acceptors (Lipinski definition) is 4. The lowest BCUT2D eigenvalue weighted by Gasteiger charge is -2.12. The number of halogens is 1. The van der Waals surface area contributed by atoms with E-state index in [1.807, 2.05) is 16.8 Å². The van der Waals surface area contributed by atoms with Crippen molar-refractivity contribution in [2.75, 3.05) is 7.11 Å². The third-order valence-electron chi connectivity index (χ3n) is 4.57. The number of nitrogens with one attached hydrogen (secondary N) is 1. The maximum Gasteiger partial charge on any atom is 0.341 e. The lowest BCUT2D eigenvalue weighted by molar-refractivity contribution is 0.0600. The first-order valence-electron chi connectivity index (χ1n) is 8.47. The minimum atomic E-state index is -0.548. The molecule has 27 heavy (non-hydrogen) atoms. The number of nitrogens with zero attached hydrogens (tertiary/aromatic N) is 3. The summed E-state index contributed by atoms with van der Waals surface area (Å²) in [6.07, 6.45) is 5.94. The molecule has 1 N–H and O–H groups in total. The van der Waals surface area contributed by atoms with Gasteiger partial charge >= 0.3 is 5.97 Å². The van der Waals surface area contributed by atoms with Gasteiger partial charge in [-0.2, -0.15) is 5.10 Å². The first kappa shape index (κ1) is 17.0. The van der Waals surface area contributed by atoms with Crippen molar-refractivity contribution in [3.63, 3.8) is 0 Å². The highest BCUT2D eigenvalue weighted by Gasteiger charge is 2.21. The second kappa shape index (κ2) is 6.71. The Labute approximate surface area is 153 Å². The molecule has 0 spiro atoms. The zero-order chi connectivity index (χ0) is 19.0. The summed E-state index contributed by atoms with van der Waals surface area (Å²) in [5.41, 5.74) is 1.36. The number of fused-ring (bicyclic) bond motifs is 2. The van der Waals surface area contributed by atoms with Gasteiger partial charge in [0.15, 0.2) is 0 Å². The van der Waals surface area contributed by atoms with E-state index >= 15 is 0 Å². The predicted molar refractivity (Wildman–Crippen MR) is 97.3 cm³/mol. The molecular formula is C19H17FN4O3. The molecule has 0 saturated carbocycles. The summed E-state index contributed by atoms with van der Waals surface area (Å²) in [5.74, 6) is -0.819. The third-order valence-corrected chi connectivity index (χ3v) is 4.57. The van der Waals surface area contributed by atoms with E-state index in [-0.39, 0.29) is 16.9 Å². The summed E-state index contributed by atoms with van der Waals surface area (Å²) in [7, 11) is 1.28. The number of aryl methyl sites for hydroxylation is 2. The van der Waals surface area contributed by atoms with Gasteiger partial charge in [-0.25, -0.2) is 14.3 Å². The maximum atomic E-state index is 13.5. The molecule has 0 atom stereocenters. The fourth-order valence-electron chi connectivity index (χ4n) is 3.25. The molecule has 3 heterocycles. The number of esters is 1. The van der Waals surface area contributed by atoms with Gasteiger partial charge < -0.3 is 13.9 Å². The van der Waals surface area contributed by atoms with Gasteiger partial charge in [-0.1, -0.05) is 0 Å². The fraction of sp³-hybridized carbons (Fsp3) is 0.211. The van der Waals surface area contributed by atoms with Crippen LogP contribution in [0.1, 0.15) is 16.8 Å². The van der Waals surface area contributed by atoms with Crippen molar-refractivity contribution in [3.8, 4) is 11.3 Å². The molecule has 0 fully saturated rings. The predicted octanol–water partition coefficient (Wildman–Crippen LogP) is 2.65. The number of H-pyrrole nitrogens is 1. The molecule has 0 saturated heterocycles. The van der Waals surface area contributed by atoms with E-state index in [9.17, 15) is 14.0 Å². The van der Waals surface area contributed by atoms with Crippen LogP contribution in [0.5, 0.6) is 0 Å². The largest absolute Gasteiger partial charge is 0.465 e. The molecule has 2 aliphatic heterocycles. The molecule has 7 nitrogen and oxygen atoms in total. The number of methoxy groups -OCH3 is 1. The van der Waals surface area contributed by atoms with Crippen LogP contribution in [0.25, 0.3) is 22.2 Å². The standard InChI is InChI=1S/C19H17FN4O3/c1-27-19(26)15-11-23(10-14-17(15)21-22-18(14)25)6-2-7-24-8-5-12-3-4-13(20)9-16(12)24/h3-5,8-11H,2,6-7H2,1H3,(H,22,25). The molecule has 1 aromatic heterocycles. The first-order valence-corrected chi connectivity index (χ1v) is 8.47. The van der Waals surface area contributed by atoms with Gasteiger partial charge in [0.2, 0.25) is 0 Å². The minimum absolute atomic E-state index is 0.238. The van der Waals surface area contributed by atoms with Crippen LogP contribution in [0.4, 0.5) is 4.39 Å². The van der Waals surface area contributed by atoms with Gasteiger partial charge in [0.05, 0.1) is 18.2 Å². The molecule has 0 radical (unpaired) electrons. The number of aromatic nitrogens is 4. The highest BCUT2D eigenvalue weighted by atomic mass is 19.1. The number of pyridine rings is 1. The summed E-state index contributed by atoms with van der Waals surface area (Å²) in [6, 6.07) is 6.65. The summed E-state index contributed by atoms with van der Waals surface area (Å²) in [6.45, 7) is 1.24. The zero-order valence-electron chi connectivity index (χ0n) is 14.6. The molecule has 0 aliphatic carbocycles. The SMILES string of the molecule is COC(=O)c1cn(CCCn2ccc3ccc(F)cc32)cc2c(=O)[nH]nc1-2. The first-order chi connectivity index (χ1) is 13.1. The van der Waals surface area contributed by atoms with E-state index < -0.39 is 5.97 Å². The third kappa shape index (κ3) is 3.10. The Hall–Kier alpha value is -3.42. The zero-order valence-corrected chi connectivity index (χ0v) is 14.6. The number of carbonyl (C=O) groups is 1. The Bertz CT molecular complexity index is 1160. The Balaban J connectivity index is 1.57. The number of hydrogen-bond donors (Lipinski definition) is 1. The van der Waals surface area contributed by atoms with E-state index in [4.69, 9.17) is 4.74 Å².